The normalized spacial score (nSPS) is 10.8. The molecule has 2 aromatic heterocycles. The van der Waals surface area contributed by atoms with Gasteiger partial charge in [-0.25, -0.2) is 20.2 Å². The van der Waals surface area contributed by atoms with Gasteiger partial charge in [0.1, 0.15) is 5.82 Å². The third kappa shape index (κ3) is 2.30. The molecule has 0 radical (unpaired) electrons. The number of nitrogens with zero attached hydrogens (tertiary/aromatic N) is 3. The lowest BCUT2D eigenvalue weighted by Crippen LogP contribution is -2.11. The number of aromatic nitrogens is 3. The largest absolute Gasteiger partial charge is 0.337 e. The highest BCUT2D eigenvalue weighted by Crippen LogP contribution is 2.24. The van der Waals surface area contributed by atoms with Crippen molar-refractivity contribution >= 4 is 38.9 Å². The predicted molar refractivity (Wildman–Crippen MR) is 78.2 cm³/mol. The lowest BCUT2D eigenvalue weighted by atomic mass is 10.3. The molecule has 0 saturated heterocycles. The molecule has 0 aliphatic heterocycles. The second kappa shape index (κ2) is 5.06. The van der Waals surface area contributed by atoms with Gasteiger partial charge in [0, 0.05) is 18.1 Å². The molecule has 3 rings (SSSR count). The van der Waals surface area contributed by atoms with E-state index in [-0.39, 0.29) is 5.82 Å². The maximum atomic E-state index is 13.5. The molecule has 0 spiro atoms. The van der Waals surface area contributed by atoms with Crippen molar-refractivity contribution in [2.75, 3.05) is 10.7 Å². The van der Waals surface area contributed by atoms with Gasteiger partial charge in [-0.1, -0.05) is 0 Å². The van der Waals surface area contributed by atoms with Crippen LogP contribution in [0.4, 0.5) is 21.7 Å². The van der Waals surface area contributed by atoms with Crippen molar-refractivity contribution in [2.24, 2.45) is 5.84 Å². The van der Waals surface area contributed by atoms with Crippen LogP contribution in [0, 0.1) is 5.82 Å². The fraction of sp³-hybridized carbons (Fsp3) is 0. The summed E-state index contributed by atoms with van der Waals surface area (Å²) in [4.78, 5) is 8.47. The van der Waals surface area contributed by atoms with Gasteiger partial charge in [-0.15, -0.1) is 0 Å². The number of halogens is 2. The molecule has 0 aliphatic carbocycles. The molecule has 1 aromatic carbocycles. The molecule has 0 saturated carbocycles. The van der Waals surface area contributed by atoms with Crippen LogP contribution in [0.15, 0.2) is 41.3 Å². The minimum absolute atomic E-state index is 0.359. The van der Waals surface area contributed by atoms with E-state index >= 15 is 0 Å². The van der Waals surface area contributed by atoms with Crippen LogP contribution in [0.2, 0.25) is 0 Å². The number of hydrogen-bond acceptors (Lipinski definition) is 5. The summed E-state index contributed by atoms with van der Waals surface area (Å²) in [7, 11) is 0. The Morgan fingerprint density at radius 3 is 2.95 bits per heavy atom. The number of benzene rings is 1. The summed E-state index contributed by atoms with van der Waals surface area (Å²) in [5.74, 6) is 5.96. The first-order valence-electron chi connectivity index (χ1n) is 5.70. The first kappa shape index (κ1) is 12.8. The van der Waals surface area contributed by atoms with Crippen molar-refractivity contribution in [3.63, 3.8) is 0 Å². The van der Waals surface area contributed by atoms with Crippen molar-refractivity contribution in [3.05, 3.63) is 47.1 Å². The maximum absolute atomic E-state index is 13.5. The molecule has 0 aliphatic rings. The number of rotatable bonds is 3. The van der Waals surface area contributed by atoms with Gasteiger partial charge >= 0.3 is 0 Å². The van der Waals surface area contributed by atoms with Gasteiger partial charge in [0.2, 0.25) is 0 Å². The number of hydrazine groups is 1. The fourth-order valence-electron chi connectivity index (χ4n) is 1.80. The zero-order valence-electron chi connectivity index (χ0n) is 10.1. The lowest BCUT2D eigenvalue weighted by Gasteiger charge is -2.09. The molecule has 0 bridgehead atoms. The van der Waals surface area contributed by atoms with E-state index in [0.29, 0.717) is 27.4 Å². The molecule has 3 aromatic rings. The number of nitrogens with two attached hydrogens (primary N) is 1. The fourth-order valence-corrected chi connectivity index (χ4v) is 2.04. The van der Waals surface area contributed by atoms with E-state index in [1.54, 1.807) is 35.1 Å². The zero-order valence-corrected chi connectivity index (χ0v) is 11.7. The Morgan fingerprint density at radius 1 is 1.35 bits per heavy atom. The molecule has 0 atom stereocenters. The second-order valence-electron chi connectivity index (χ2n) is 4.03. The minimum Gasteiger partial charge on any atom is -0.337 e. The van der Waals surface area contributed by atoms with Crippen molar-refractivity contribution < 1.29 is 4.39 Å². The van der Waals surface area contributed by atoms with Crippen molar-refractivity contribution in [1.29, 1.82) is 0 Å². The van der Waals surface area contributed by atoms with Crippen LogP contribution in [0.1, 0.15) is 0 Å². The summed E-state index contributed by atoms with van der Waals surface area (Å²) in [5.41, 5.74) is 3.66. The number of nitrogens with one attached hydrogen (secondary N) is 2. The molecule has 0 fully saturated rings. The second-order valence-corrected chi connectivity index (χ2v) is 4.89. The summed E-state index contributed by atoms with van der Waals surface area (Å²) < 4.78 is 15.7. The van der Waals surface area contributed by atoms with E-state index in [1.165, 1.54) is 6.07 Å². The SMILES string of the molecule is NNc1cn2ccnc2c(Nc2ccc(Br)c(F)c2)n1. The van der Waals surface area contributed by atoms with Crippen LogP contribution >= 0.6 is 15.9 Å². The molecular weight excluding hydrogens is 327 g/mol. The van der Waals surface area contributed by atoms with Gasteiger partial charge in [0.25, 0.3) is 0 Å². The predicted octanol–water partition coefficient (Wildman–Crippen LogP) is 2.66. The lowest BCUT2D eigenvalue weighted by molar-refractivity contribution is 0.622. The molecule has 6 nitrogen and oxygen atoms in total. The van der Waals surface area contributed by atoms with Gasteiger partial charge in [-0.05, 0) is 34.1 Å². The third-order valence-electron chi connectivity index (χ3n) is 2.70. The number of anilines is 3. The Morgan fingerprint density at radius 2 is 2.20 bits per heavy atom. The Hall–Kier alpha value is -2.19. The summed E-state index contributed by atoms with van der Waals surface area (Å²) in [6, 6.07) is 4.72. The highest BCUT2D eigenvalue weighted by Gasteiger charge is 2.08. The standard InChI is InChI=1S/C12H10BrFN6/c13-8-2-1-7(5-9(8)14)17-11-12-16-3-4-20(12)6-10(18-11)19-15/h1-6,19H,15H2,(H,17,18). The van der Waals surface area contributed by atoms with Gasteiger partial charge in [-0.3, -0.25) is 0 Å². The van der Waals surface area contributed by atoms with E-state index in [2.05, 4.69) is 36.6 Å². The van der Waals surface area contributed by atoms with Crippen LogP contribution in [0.25, 0.3) is 5.65 Å². The molecule has 0 unspecified atom stereocenters. The molecular formula is C12H10BrFN6. The Bertz CT molecular complexity index is 772. The van der Waals surface area contributed by atoms with E-state index in [9.17, 15) is 4.39 Å². The Balaban J connectivity index is 2.04. The first-order valence-corrected chi connectivity index (χ1v) is 6.49. The first-order chi connectivity index (χ1) is 9.67. The molecule has 0 amide bonds. The summed E-state index contributed by atoms with van der Waals surface area (Å²) in [6.45, 7) is 0. The monoisotopic (exact) mass is 336 g/mol. The molecule has 4 N–H and O–H groups in total. The van der Waals surface area contributed by atoms with Crippen LogP contribution in [-0.2, 0) is 0 Å². The average molecular weight is 337 g/mol. The number of nitrogen functional groups attached to an aromatic ring is 1. The van der Waals surface area contributed by atoms with Gasteiger partial charge in [-0.2, -0.15) is 0 Å². The summed E-state index contributed by atoms with van der Waals surface area (Å²) >= 11 is 3.11. The molecule has 20 heavy (non-hydrogen) atoms. The quantitative estimate of drug-likeness (QED) is 0.506. The highest BCUT2D eigenvalue weighted by molar-refractivity contribution is 9.10. The van der Waals surface area contributed by atoms with Crippen LogP contribution in [-0.4, -0.2) is 14.4 Å². The minimum atomic E-state index is -0.359. The average Bonchev–Trinajstić information content (AvgIpc) is 2.91. The molecule has 102 valence electrons. The van der Waals surface area contributed by atoms with Crippen LogP contribution < -0.4 is 16.6 Å². The maximum Gasteiger partial charge on any atom is 0.180 e. The number of fused-ring (bicyclic) bond motifs is 1. The van der Waals surface area contributed by atoms with Gasteiger partial charge < -0.3 is 15.1 Å². The van der Waals surface area contributed by atoms with Crippen LogP contribution in [0.3, 0.4) is 0 Å². The third-order valence-corrected chi connectivity index (χ3v) is 3.35. The summed E-state index contributed by atoms with van der Waals surface area (Å²) in [6.07, 6.45) is 5.12. The van der Waals surface area contributed by atoms with Crippen molar-refractivity contribution in [2.45, 2.75) is 0 Å². The van der Waals surface area contributed by atoms with E-state index < -0.39 is 0 Å². The topological polar surface area (TPSA) is 80.3 Å². The Labute approximate surface area is 121 Å². The zero-order chi connectivity index (χ0) is 14.1. The van der Waals surface area contributed by atoms with E-state index in [0.717, 1.165) is 0 Å². The van der Waals surface area contributed by atoms with Crippen molar-refractivity contribution in [3.8, 4) is 0 Å². The van der Waals surface area contributed by atoms with Crippen molar-refractivity contribution in [1.82, 2.24) is 14.4 Å². The molecule has 2 heterocycles. The van der Waals surface area contributed by atoms with Gasteiger partial charge in [0.15, 0.2) is 17.3 Å². The Kier molecular flexibility index (Phi) is 3.25. The van der Waals surface area contributed by atoms with E-state index in [4.69, 9.17) is 5.84 Å². The number of hydrogen-bond donors (Lipinski definition) is 3. The number of imidazole rings is 1. The molecule has 8 heteroatoms. The van der Waals surface area contributed by atoms with E-state index in [1.807, 2.05) is 0 Å². The van der Waals surface area contributed by atoms with Crippen LogP contribution in [0.5, 0.6) is 0 Å². The highest BCUT2D eigenvalue weighted by atomic mass is 79.9. The summed E-state index contributed by atoms with van der Waals surface area (Å²) in [5, 5.41) is 3.02. The van der Waals surface area contributed by atoms with Gasteiger partial charge in [0.05, 0.1) is 10.7 Å². The smallest absolute Gasteiger partial charge is 0.180 e.